The molecule has 29 heavy (non-hydrogen) atoms. The Morgan fingerprint density at radius 2 is 1.69 bits per heavy atom. The molecule has 2 aromatic carbocycles. The van der Waals surface area contributed by atoms with Gasteiger partial charge in [0, 0.05) is 5.56 Å². The van der Waals surface area contributed by atoms with Gasteiger partial charge in [-0.3, -0.25) is 9.69 Å². The number of amides is 3. The second-order valence-electron chi connectivity index (χ2n) is 7.06. The van der Waals surface area contributed by atoms with E-state index < -0.39 is 11.6 Å². The zero-order valence-corrected chi connectivity index (χ0v) is 16.2. The molecule has 1 atom stereocenters. The molecule has 2 heterocycles. The summed E-state index contributed by atoms with van der Waals surface area (Å²) in [7, 11) is 0. The summed E-state index contributed by atoms with van der Waals surface area (Å²) in [6, 6.07) is 18.3. The number of rotatable bonds is 7. The maximum absolute atomic E-state index is 13.4. The Labute approximate surface area is 168 Å². The highest BCUT2D eigenvalue weighted by Gasteiger charge is 2.52. The zero-order chi connectivity index (χ0) is 20.3. The van der Waals surface area contributed by atoms with E-state index in [0.29, 0.717) is 12.3 Å². The van der Waals surface area contributed by atoms with Crippen molar-refractivity contribution in [2.75, 3.05) is 0 Å². The topological polar surface area (TPSA) is 88.3 Å². The number of nitrogens with zero attached hydrogens (tertiary/aromatic N) is 3. The first-order chi connectivity index (χ1) is 14.1. The first-order valence-corrected chi connectivity index (χ1v) is 9.71. The first-order valence-electron chi connectivity index (χ1n) is 9.71. The number of carbonyl (C=O) groups is 2. The molecule has 4 rings (SSSR count). The summed E-state index contributed by atoms with van der Waals surface area (Å²) < 4.78 is 5.69. The minimum absolute atomic E-state index is 0.0643. The van der Waals surface area contributed by atoms with Crippen LogP contribution in [0.5, 0.6) is 0 Å². The predicted octanol–water partition coefficient (Wildman–Crippen LogP) is 3.87. The maximum atomic E-state index is 13.4. The van der Waals surface area contributed by atoms with Crippen molar-refractivity contribution in [3.8, 4) is 11.5 Å². The lowest BCUT2D eigenvalue weighted by Crippen LogP contribution is -2.44. The fourth-order valence-electron chi connectivity index (χ4n) is 3.59. The summed E-state index contributed by atoms with van der Waals surface area (Å²) in [4.78, 5) is 27.3. The van der Waals surface area contributed by atoms with Crippen LogP contribution >= 0.6 is 0 Å². The van der Waals surface area contributed by atoms with Gasteiger partial charge in [0.25, 0.3) is 5.91 Å². The van der Waals surface area contributed by atoms with Crippen molar-refractivity contribution >= 4 is 11.9 Å². The van der Waals surface area contributed by atoms with E-state index in [-0.39, 0.29) is 18.3 Å². The average Bonchev–Trinajstić information content (AvgIpc) is 3.33. The van der Waals surface area contributed by atoms with Gasteiger partial charge in [-0.05, 0) is 24.1 Å². The van der Waals surface area contributed by atoms with E-state index in [1.54, 1.807) is 0 Å². The average molecular weight is 390 g/mol. The molecule has 1 aliphatic rings. The molecule has 3 amide bonds. The summed E-state index contributed by atoms with van der Waals surface area (Å²) in [6.45, 7) is 1.99. The number of imide groups is 1. The van der Waals surface area contributed by atoms with Gasteiger partial charge in [-0.2, -0.15) is 0 Å². The van der Waals surface area contributed by atoms with E-state index >= 15 is 0 Å². The van der Waals surface area contributed by atoms with Gasteiger partial charge in [-0.15, -0.1) is 10.2 Å². The van der Waals surface area contributed by atoms with E-state index in [1.165, 1.54) is 0 Å². The van der Waals surface area contributed by atoms with Crippen LogP contribution in [0.25, 0.3) is 11.5 Å². The molecule has 1 aliphatic heterocycles. The molecule has 148 valence electrons. The lowest BCUT2D eigenvalue weighted by atomic mass is 9.85. The van der Waals surface area contributed by atoms with Gasteiger partial charge in [0.05, 0.1) is 0 Å². The fourth-order valence-corrected chi connectivity index (χ4v) is 3.59. The molecule has 1 saturated heterocycles. The van der Waals surface area contributed by atoms with Gasteiger partial charge in [0.15, 0.2) is 0 Å². The van der Waals surface area contributed by atoms with E-state index in [0.717, 1.165) is 28.9 Å². The van der Waals surface area contributed by atoms with Gasteiger partial charge < -0.3 is 9.73 Å². The molecule has 7 heteroatoms. The SMILES string of the molecule is CCCCC1(c2ccccc2)NC(=O)N(Cc2nnc(-c3ccccc3)o2)C1=O. The van der Waals surface area contributed by atoms with Crippen molar-refractivity contribution < 1.29 is 14.0 Å². The summed E-state index contributed by atoms with van der Waals surface area (Å²) in [5.74, 6) is 0.279. The van der Waals surface area contributed by atoms with Gasteiger partial charge in [0.1, 0.15) is 12.1 Å². The minimum Gasteiger partial charge on any atom is -0.419 e. The van der Waals surface area contributed by atoms with Crippen molar-refractivity contribution in [1.82, 2.24) is 20.4 Å². The van der Waals surface area contributed by atoms with Crippen LogP contribution in [-0.4, -0.2) is 27.0 Å². The minimum atomic E-state index is -1.06. The van der Waals surface area contributed by atoms with E-state index in [1.807, 2.05) is 60.7 Å². The predicted molar refractivity (Wildman–Crippen MR) is 106 cm³/mol. The molecule has 0 radical (unpaired) electrons. The molecule has 1 unspecified atom stereocenters. The van der Waals surface area contributed by atoms with E-state index in [9.17, 15) is 9.59 Å². The Morgan fingerprint density at radius 3 is 2.38 bits per heavy atom. The summed E-state index contributed by atoms with van der Waals surface area (Å²) in [5, 5.41) is 11.0. The van der Waals surface area contributed by atoms with E-state index in [4.69, 9.17) is 4.42 Å². The number of hydrogen-bond donors (Lipinski definition) is 1. The standard InChI is InChI=1S/C22H22N4O3/c1-2-3-14-22(17-12-8-5-9-13-17)20(27)26(21(28)23-22)15-18-24-25-19(29-18)16-10-6-4-7-11-16/h4-13H,2-3,14-15H2,1H3,(H,23,28). The number of nitrogens with one attached hydrogen (secondary N) is 1. The quantitative estimate of drug-likeness (QED) is 0.619. The van der Waals surface area contributed by atoms with Crippen LogP contribution in [0.3, 0.4) is 0 Å². The molecule has 1 fully saturated rings. The summed E-state index contributed by atoms with van der Waals surface area (Å²) in [5.41, 5.74) is 0.506. The van der Waals surface area contributed by atoms with Crippen LogP contribution in [0, 0.1) is 0 Å². The van der Waals surface area contributed by atoms with Crippen LogP contribution in [0.2, 0.25) is 0 Å². The highest BCUT2D eigenvalue weighted by molar-refractivity contribution is 6.07. The first kappa shape index (κ1) is 18.9. The normalized spacial score (nSPS) is 18.9. The largest absolute Gasteiger partial charge is 0.419 e. The van der Waals surface area contributed by atoms with Gasteiger partial charge >= 0.3 is 6.03 Å². The third-order valence-corrected chi connectivity index (χ3v) is 5.13. The number of hydrogen-bond acceptors (Lipinski definition) is 5. The Morgan fingerprint density at radius 1 is 1.00 bits per heavy atom. The third kappa shape index (κ3) is 3.51. The van der Waals surface area contributed by atoms with Crippen LogP contribution < -0.4 is 5.32 Å². The van der Waals surface area contributed by atoms with Crippen LogP contribution in [0.15, 0.2) is 65.1 Å². The number of unbranched alkanes of at least 4 members (excludes halogenated alkanes) is 1. The Bertz CT molecular complexity index is 1000. The second kappa shape index (κ2) is 7.87. The Kier molecular flexibility index (Phi) is 5.12. The molecular formula is C22H22N4O3. The van der Waals surface area contributed by atoms with Crippen molar-refractivity contribution in [3.63, 3.8) is 0 Å². The van der Waals surface area contributed by atoms with Crippen LogP contribution in [0.4, 0.5) is 4.79 Å². The van der Waals surface area contributed by atoms with Gasteiger partial charge in [-0.1, -0.05) is 68.3 Å². The number of carbonyl (C=O) groups excluding carboxylic acids is 2. The van der Waals surface area contributed by atoms with Crippen LogP contribution in [-0.2, 0) is 16.9 Å². The van der Waals surface area contributed by atoms with Crippen LogP contribution in [0.1, 0.15) is 37.6 Å². The zero-order valence-electron chi connectivity index (χ0n) is 16.2. The molecule has 0 aliphatic carbocycles. The highest BCUT2D eigenvalue weighted by Crippen LogP contribution is 2.34. The maximum Gasteiger partial charge on any atom is 0.325 e. The molecule has 3 aromatic rings. The van der Waals surface area contributed by atoms with Crippen molar-refractivity contribution in [3.05, 3.63) is 72.1 Å². The van der Waals surface area contributed by atoms with Crippen molar-refractivity contribution in [1.29, 1.82) is 0 Å². The second-order valence-corrected chi connectivity index (χ2v) is 7.06. The lowest BCUT2D eigenvalue weighted by molar-refractivity contribution is -0.132. The lowest BCUT2D eigenvalue weighted by Gasteiger charge is -2.27. The number of urea groups is 1. The smallest absolute Gasteiger partial charge is 0.325 e. The van der Waals surface area contributed by atoms with Crippen molar-refractivity contribution in [2.45, 2.75) is 38.3 Å². The summed E-state index contributed by atoms with van der Waals surface area (Å²) in [6.07, 6.45) is 2.27. The number of aromatic nitrogens is 2. The monoisotopic (exact) mass is 390 g/mol. The Balaban J connectivity index is 1.60. The Hall–Kier alpha value is -3.48. The highest BCUT2D eigenvalue weighted by atomic mass is 16.4. The van der Waals surface area contributed by atoms with Crippen molar-refractivity contribution in [2.24, 2.45) is 0 Å². The number of benzene rings is 2. The summed E-state index contributed by atoms with van der Waals surface area (Å²) >= 11 is 0. The third-order valence-electron chi connectivity index (χ3n) is 5.13. The molecule has 1 aromatic heterocycles. The molecule has 1 N–H and O–H groups in total. The van der Waals surface area contributed by atoms with Gasteiger partial charge in [-0.25, -0.2) is 4.79 Å². The molecular weight excluding hydrogens is 368 g/mol. The van der Waals surface area contributed by atoms with E-state index in [2.05, 4.69) is 22.4 Å². The molecule has 0 spiro atoms. The van der Waals surface area contributed by atoms with Gasteiger partial charge in [0.2, 0.25) is 11.8 Å². The molecule has 7 nitrogen and oxygen atoms in total. The fraction of sp³-hybridized carbons (Fsp3) is 0.273. The molecule has 0 bridgehead atoms. The molecule has 0 saturated carbocycles.